The van der Waals surface area contributed by atoms with Crippen molar-refractivity contribution >= 4 is 10.8 Å². The lowest BCUT2D eigenvalue weighted by Crippen LogP contribution is -2.15. The van der Waals surface area contributed by atoms with Gasteiger partial charge in [0, 0.05) is 22.8 Å². The van der Waals surface area contributed by atoms with Crippen molar-refractivity contribution in [1.29, 1.82) is 0 Å². The molecule has 0 amide bonds. The van der Waals surface area contributed by atoms with Crippen molar-refractivity contribution in [2.75, 3.05) is 12.0 Å². The minimum absolute atomic E-state index is 0.146. The fourth-order valence-corrected chi connectivity index (χ4v) is 1.82. The van der Waals surface area contributed by atoms with Gasteiger partial charge in [0.15, 0.2) is 5.82 Å². The third kappa shape index (κ3) is 2.85. The van der Waals surface area contributed by atoms with Crippen LogP contribution in [-0.2, 0) is 17.3 Å². The number of nitrogens with zero attached hydrogens (tertiary/aromatic N) is 4. The second-order valence-electron chi connectivity index (χ2n) is 3.16. The highest BCUT2D eigenvalue weighted by molar-refractivity contribution is 7.84. The Morgan fingerprint density at radius 3 is 2.93 bits per heavy atom. The third-order valence-corrected chi connectivity index (χ3v) is 2.79. The molecule has 1 heterocycles. The van der Waals surface area contributed by atoms with Crippen molar-refractivity contribution < 1.29 is 4.21 Å². The summed E-state index contributed by atoms with van der Waals surface area (Å²) in [4.78, 5) is 0. The first-order valence-corrected chi connectivity index (χ1v) is 6.14. The monoisotopic (exact) mass is 217 g/mol. The number of aromatic nitrogens is 4. The maximum absolute atomic E-state index is 10.9. The zero-order valence-corrected chi connectivity index (χ0v) is 9.20. The van der Waals surface area contributed by atoms with E-state index in [4.69, 9.17) is 5.73 Å². The first kappa shape index (κ1) is 11.3. The van der Waals surface area contributed by atoms with E-state index in [-0.39, 0.29) is 6.04 Å². The van der Waals surface area contributed by atoms with Gasteiger partial charge >= 0.3 is 0 Å². The topological polar surface area (TPSA) is 86.7 Å². The Kier molecular flexibility index (Phi) is 4.15. The van der Waals surface area contributed by atoms with Crippen molar-refractivity contribution in [3.05, 3.63) is 5.82 Å². The fourth-order valence-electron chi connectivity index (χ4n) is 1.15. The predicted octanol–water partition coefficient (Wildman–Crippen LogP) is -0.539. The molecule has 0 saturated carbocycles. The van der Waals surface area contributed by atoms with Gasteiger partial charge in [-0.15, -0.1) is 5.10 Å². The first-order valence-electron chi connectivity index (χ1n) is 4.42. The Bertz CT molecular complexity index is 313. The molecule has 7 heteroatoms. The van der Waals surface area contributed by atoms with Crippen molar-refractivity contribution in [2.45, 2.75) is 25.9 Å². The molecular formula is C7H15N5OS. The van der Waals surface area contributed by atoms with Crippen LogP contribution in [0.3, 0.4) is 0 Å². The van der Waals surface area contributed by atoms with Crippen LogP contribution in [0.5, 0.6) is 0 Å². The molecule has 0 saturated heterocycles. The molecule has 0 spiro atoms. The summed E-state index contributed by atoms with van der Waals surface area (Å²) in [7, 11) is -0.770. The van der Waals surface area contributed by atoms with E-state index in [1.165, 1.54) is 0 Å². The van der Waals surface area contributed by atoms with Crippen LogP contribution in [0.4, 0.5) is 0 Å². The van der Waals surface area contributed by atoms with Crippen LogP contribution in [0.25, 0.3) is 0 Å². The molecule has 1 aromatic heterocycles. The van der Waals surface area contributed by atoms with E-state index in [9.17, 15) is 4.21 Å². The Morgan fingerprint density at radius 2 is 2.36 bits per heavy atom. The maximum Gasteiger partial charge on any atom is 0.165 e. The highest BCUT2D eigenvalue weighted by Gasteiger charge is 2.11. The molecule has 1 aromatic rings. The second kappa shape index (κ2) is 5.16. The molecular weight excluding hydrogens is 202 g/mol. The lowest BCUT2D eigenvalue weighted by atomic mass is 10.2. The molecule has 0 radical (unpaired) electrons. The van der Waals surface area contributed by atoms with Gasteiger partial charge in [0.05, 0.1) is 12.6 Å². The molecule has 0 aliphatic heterocycles. The summed E-state index contributed by atoms with van der Waals surface area (Å²) in [5, 5.41) is 11.2. The van der Waals surface area contributed by atoms with Crippen LogP contribution in [0.2, 0.25) is 0 Å². The molecule has 0 aromatic carbocycles. The minimum atomic E-state index is -0.770. The third-order valence-electron chi connectivity index (χ3n) is 1.98. The van der Waals surface area contributed by atoms with Gasteiger partial charge in [-0.3, -0.25) is 4.21 Å². The zero-order chi connectivity index (χ0) is 10.6. The zero-order valence-electron chi connectivity index (χ0n) is 8.38. The smallest absolute Gasteiger partial charge is 0.165 e. The van der Waals surface area contributed by atoms with Gasteiger partial charge in [-0.2, -0.15) is 0 Å². The van der Waals surface area contributed by atoms with Gasteiger partial charge in [0.25, 0.3) is 0 Å². The summed E-state index contributed by atoms with van der Waals surface area (Å²) in [6, 6.07) is 0.146. The normalized spacial score (nSPS) is 15.4. The summed E-state index contributed by atoms with van der Waals surface area (Å²) in [6.45, 7) is 2.31. The largest absolute Gasteiger partial charge is 0.324 e. The molecule has 2 atom stereocenters. The standard InChI is InChI=1S/C7H15N5OS/c1-6(3-4-14(2)13)12-7(5-8)9-10-11-12/h6H,3-5,8H2,1-2H3. The van der Waals surface area contributed by atoms with Crippen LogP contribution in [0.15, 0.2) is 0 Å². The summed E-state index contributed by atoms with van der Waals surface area (Å²) < 4.78 is 12.6. The summed E-state index contributed by atoms with van der Waals surface area (Å²) in [5.74, 6) is 1.32. The van der Waals surface area contributed by atoms with Crippen LogP contribution in [-0.4, -0.2) is 36.4 Å². The molecule has 1 rings (SSSR count). The van der Waals surface area contributed by atoms with Crippen molar-refractivity contribution in [2.24, 2.45) is 5.73 Å². The Labute approximate surface area is 85.3 Å². The van der Waals surface area contributed by atoms with E-state index in [0.717, 1.165) is 6.42 Å². The van der Waals surface area contributed by atoms with Crippen LogP contribution in [0, 0.1) is 0 Å². The second-order valence-corrected chi connectivity index (χ2v) is 4.71. The summed E-state index contributed by atoms with van der Waals surface area (Å²) >= 11 is 0. The van der Waals surface area contributed by atoms with Crippen molar-refractivity contribution in [1.82, 2.24) is 20.2 Å². The highest BCUT2D eigenvalue weighted by Crippen LogP contribution is 2.10. The van der Waals surface area contributed by atoms with E-state index in [1.807, 2.05) is 6.92 Å². The molecule has 0 fully saturated rings. The lowest BCUT2D eigenvalue weighted by molar-refractivity contribution is 0.449. The Morgan fingerprint density at radius 1 is 1.64 bits per heavy atom. The lowest BCUT2D eigenvalue weighted by Gasteiger charge is -2.11. The van der Waals surface area contributed by atoms with Crippen LogP contribution < -0.4 is 5.73 Å². The van der Waals surface area contributed by atoms with E-state index in [2.05, 4.69) is 15.5 Å². The first-order chi connectivity index (χ1) is 6.65. The predicted molar refractivity (Wildman–Crippen MR) is 54.0 cm³/mol. The van der Waals surface area contributed by atoms with Gasteiger partial charge < -0.3 is 5.73 Å². The SMILES string of the molecule is CC(CCS(C)=O)n1nnnc1CN. The molecule has 14 heavy (non-hydrogen) atoms. The van der Waals surface area contributed by atoms with E-state index >= 15 is 0 Å². The Balaban J connectivity index is 2.59. The molecule has 2 unspecified atom stereocenters. The molecule has 0 bridgehead atoms. The van der Waals surface area contributed by atoms with E-state index in [1.54, 1.807) is 10.9 Å². The highest BCUT2D eigenvalue weighted by atomic mass is 32.2. The molecule has 80 valence electrons. The quantitative estimate of drug-likeness (QED) is 0.716. The number of tetrazole rings is 1. The Hall–Kier alpha value is -0.820. The number of hydrogen-bond donors (Lipinski definition) is 1. The molecule has 2 N–H and O–H groups in total. The molecule has 6 nitrogen and oxygen atoms in total. The summed E-state index contributed by atoms with van der Waals surface area (Å²) in [5.41, 5.74) is 5.47. The number of hydrogen-bond acceptors (Lipinski definition) is 5. The van der Waals surface area contributed by atoms with E-state index < -0.39 is 10.8 Å². The number of rotatable bonds is 5. The van der Waals surface area contributed by atoms with Gasteiger partial charge in [0.2, 0.25) is 0 Å². The van der Waals surface area contributed by atoms with Gasteiger partial charge in [-0.1, -0.05) is 0 Å². The average molecular weight is 217 g/mol. The number of nitrogens with two attached hydrogens (primary N) is 1. The van der Waals surface area contributed by atoms with Crippen molar-refractivity contribution in [3.8, 4) is 0 Å². The maximum atomic E-state index is 10.9. The fraction of sp³-hybridized carbons (Fsp3) is 0.857. The summed E-state index contributed by atoms with van der Waals surface area (Å²) in [6.07, 6.45) is 2.48. The van der Waals surface area contributed by atoms with Gasteiger partial charge in [-0.25, -0.2) is 4.68 Å². The van der Waals surface area contributed by atoms with Gasteiger partial charge in [0.1, 0.15) is 0 Å². The van der Waals surface area contributed by atoms with Crippen molar-refractivity contribution in [3.63, 3.8) is 0 Å². The van der Waals surface area contributed by atoms with Gasteiger partial charge in [-0.05, 0) is 23.8 Å². The minimum Gasteiger partial charge on any atom is -0.324 e. The van der Waals surface area contributed by atoms with Crippen LogP contribution >= 0.6 is 0 Å². The average Bonchev–Trinajstić information content (AvgIpc) is 2.61. The van der Waals surface area contributed by atoms with Crippen LogP contribution in [0.1, 0.15) is 25.2 Å². The molecule has 0 aliphatic carbocycles. The molecule has 0 aliphatic rings. The van der Waals surface area contributed by atoms with E-state index in [0.29, 0.717) is 18.1 Å².